The van der Waals surface area contributed by atoms with Crippen molar-refractivity contribution in [1.29, 1.82) is 0 Å². The summed E-state index contributed by atoms with van der Waals surface area (Å²) in [6.45, 7) is 0. The summed E-state index contributed by atoms with van der Waals surface area (Å²) < 4.78 is 15.2. The van der Waals surface area contributed by atoms with E-state index in [1.54, 1.807) is 54.6 Å². The van der Waals surface area contributed by atoms with Gasteiger partial charge in [0.15, 0.2) is 0 Å². The van der Waals surface area contributed by atoms with E-state index in [4.69, 9.17) is 13.9 Å². The number of furan rings is 1. The fourth-order valence-electron chi connectivity index (χ4n) is 2.74. The highest BCUT2D eigenvalue weighted by atomic mass is 16.5. The van der Waals surface area contributed by atoms with Crippen LogP contribution in [0.2, 0.25) is 0 Å². The average Bonchev–Trinajstić information content (AvgIpc) is 3.31. The third-order valence-corrected chi connectivity index (χ3v) is 4.22. The molecule has 0 unspecified atom stereocenters. The van der Waals surface area contributed by atoms with Crippen molar-refractivity contribution in [2.45, 2.75) is 0 Å². The predicted octanol–water partition coefficient (Wildman–Crippen LogP) is 3.48. The second kappa shape index (κ2) is 9.93. The fourth-order valence-corrected chi connectivity index (χ4v) is 2.74. The minimum absolute atomic E-state index is 0.0608. The first-order valence-corrected chi connectivity index (χ1v) is 9.21. The summed E-state index contributed by atoms with van der Waals surface area (Å²) in [7, 11) is 2.72. The van der Waals surface area contributed by atoms with Crippen LogP contribution >= 0.6 is 0 Å². The van der Waals surface area contributed by atoms with E-state index in [1.165, 1.54) is 32.6 Å². The van der Waals surface area contributed by atoms with Gasteiger partial charge in [0, 0.05) is 11.8 Å². The zero-order valence-electron chi connectivity index (χ0n) is 16.9. The number of hydrogen-bond donors (Lipinski definition) is 2. The zero-order chi connectivity index (χ0) is 22.2. The van der Waals surface area contributed by atoms with E-state index in [0.717, 1.165) is 0 Å². The summed E-state index contributed by atoms with van der Waals surface area (Å²) in [5.74, 6) is -0.945. The highest BCUT2D eigenvalue weighted by Gasteiger charge is 2.18. The first kappa shape index (κ1) is 21.4. The van der Waals surface area contributed by atoms with E-state index in [9.17, 15) is 14.4 Å². The number of para-hydroxylation sites is 1. The van der Waals surface area contributed by atoms with E-state index >= 15 is 0 Å². The lowest BCUT2D eigenvalue weighted by Crippen LogP contribution is -2.31. The molecule has 0 aliphatic carbocycles. The quantitative estimate of drug-likeness (QED) is 0.448. The van der Waals surface area contributed by atoms with Gasteiger partial charge in [-0.15, -0.1) is 0 Å². The van der Waals surface area contributed by atoms with Gasteiger partial charge in [0.05, 0.1) is 31.6 Å². The number of benzene rings is 2. The van der Waals surface area contributed by atoms with Gasteiger partial charge in [-0.25, -0.2) is 4.79 Å². The topological polar surface area (TPSA) is 107 Å². The van der Waals surface area contributed by atoms with Crippen molar-refractivity contribution in [3.63, 3.8) is 0 Å². The van der Waals surface area contributed by atoms with E-state index in [1.807, 2.05) is 0 Å². The van der Waals surface area contributed by atoms with Crippen molar-refractivity contribution in [1.82, 2.24) is 5.32 Å². The van der Waals surface area contributed by atoms with Gasteiger partial charge in [-0.05, 0) is 42.5 Å². The SMILES string of the molecule is COC(=O)c1cccc(NC(=O)C(=Cc2ccco2)NC(=O)c2ccccc2OC)c1. The van der Waals surface area contributed by atoms with Crippen LogP contribution in [-0.2, 0) is 9.53 Å². The monoisotopic (exact) mass is 420 g/mol. The molecule has 0 bridgehead atoms. The molecule has 31 heavy (non-hydrogen) atoms. The molecule has 2 aromatic carbocycles. The predicted molar refractivity (Wildman–Crippen MR) is 114 cm³/mol. The number of anilines is 1. The molecule has 2 amide bonds. The molecule has 0 aliphatic heterocycles. The van der Waals surface area contributed by atoms with Crippen LogP contribution in [-0.4, -0.2) is 32.0 Å². The molecule has 3 aromatic rings. The van der Waals surface area contributed by atoms with Gasteiger partial charge in [-0.1, -0.05) is 18.2 Å². The van der Waals surface area contributed by atoms with Crippen LogP contribution in [0.3, 0.4) is 0 Å². The van der Waals surface area contributed by atoms with Crippen LogP contribution < -0.4 is 15.4 Å². The van der Waals surface area contributed by atoms with E-state index < -0.39 is 17.8 Å². The molecule has 1 aromatic heterocycles. The van der Waals surface area contributed by atoms with Crippen molar-refractivity contribution >= 4 is 29.5 Å². The van der Waals surface area contributed by atoms with Crippen LogP contribution in [0.4, 0.5) is 5.69 Å². The molecule has 1 heterocycles. The van der Waals surface area contributed by atoms with Crippen molar-refractivity contribution in [2.24, 2.45) is 0 Å². The van der Waals surface area contributed by atoms with Gasteiger partial charge < -0.3 is 24.5 Å². The molecule has 0 radical (unpaired) electrons. The van der Waals surface area contributed by atoms with Gasteiger partial charge in [0.25, 0.3) is 11.8 Å². The van der Waals surface area contributed by atoms with Crippen LogP contribution in [0.15, 0.2) is 77.0 Å². The Hall–Kier alpha value is -4.33. The number of carbonyl (C=O) groups is 3. The van der Waals surface area contributed by atoms with Gasteiger partial charge in [-0.2, -0.15) is 0 Å². The standard InChI is InChI=1S/C23H20N2O6/c1-29-20-11-4-3-10-18(20)21(26)25-19(14-17-9-6-12-31-17)22(27)24-16-8-5-7-15(13-16)23(28)30-2/h3-14H,1-2H3,(H,24,27)(H,25,26). The largest absolute Gasteiger partial charge is 0.496 e. The Balaban J connectivity index is 1.87. The summed E-state index contributed by atoms with van der Waals surface area (Å²) in [5, 5.41) is 5.25. The average molecular weight is 420 g/mol. The van der Waals surface area contributed by atoms with Crippen molar-refractivity contribution in [3.8, 4) is 5.75 Å². The molecular formula is C23H20N2O6. The number of carbonyl (C=O) groups excluding carboxylic acids is 3. The van der Waals surface area contributed by atoms with Gasteiger partial charge in [-0.3, -0.25) is 9.59 Å². The Bertz CT molecular complexity index is 1120. The number of methoxy groups -OCH3 is 2. The molecule has 8 heteroatoms. The summed E-state index contributed by atoms with van der Waals surface area (Å²) in [6.07, 6.45) is 2.84. The number of amides is 2. The lowest BCUT2D eigenvalue weighted by atomic mass is 10.1. The highest BCUT2D eigenvalue weighted by Crippen LogP contribution is 2.18. The Morgan fingerprint density at radius 1 is 0.968 bits per heavy atom. The first-order valence-electron chi connectivity index (χ1n) is 9.21. The molecule has 0 aliphatic rings. The number of nitrogens with one attached hydrogen (secondary N) is 2. The smallest absolute Gasteiger partial charge is 0.337 e. The lowest BCUT2D eigenvalue weighted by Gasteiger charge is -2.13. The lowest BCUT2D eigenvalue weighted by molar-refractivity contribution is -0.113. The molecule has 8 nitrogen and oxygen atoms in total. The van der Waals surface area contributed by atoms with Crippen molar-refractivity contribution in [3.05, 3.63) is 89.5 Å². The molecule has 2 N–H and O–H groups in total. The number of esters is 1. The molecular weight excluding hydrogens is 400 g/mol. The third kappa shape index (κ3) is 5.39. The van der Waals surface area contributed by atoms with E-state index in [-0.39, 0.29) is 16.8 Å². The molecule has 0 spiro atoms. The number of ether oxygens (including phenoxy) is 2. The number of rotatable bonds is 7. The Morgan fingerprint density at radius 2 is 1.77 bits per heavy atom. The molecule has 0 atom stereocenters. The normalized spacial score (nSPS) is 10.8. The van der Waals surface area contributed by atoms with Crippen LogP contribution in [0, 0.1) is 0 Å². The van der Waals surface area contributed by atoms with Gasteiger partial charge in [0.2, 0.25) is 0 Å². The fraction of sp³-hybridized carbons (Fsp3) is 0.0870. The van der Waals surface area contributed by atoms with Crippen LogP contribution in [0.5, 0.6) is 5.75 Å². The third-order valence-electron chi connectivity index (χ3n) is 4.22. The van der Waals surface area contributed by atoms with Crippen molar-refractivity contribution in [2.75, 3.05) is 19.5 Å². The highest BCUT2D eigenvalue weighted by molar-refractivity contribution is 6.11. The second-order valence-electron chi connectivity index (χ2n) is 6.25. The first-order chi connectivity index (χ1) is 15.0. The molecule has 0 fully saturated rings. The van der Waals surface area contributed by atoms with Gasteiger partial charge >= 0.3 is 5.97 Å². The molecule has 158 valence electrons. The van der Waals surface area contributed by atoms with Crippen LogP contribution in [0.25, 0.3) is 6.08 Å². The minimum atomic E-state index is -0.610. The number of hydrogen-bond acceptors (Lipinski definition) is 6. The van der Waals surface area contributed by atoms with Crippen molar-refractivity contribution < 1.29 is 28.3 Å². The Labute approximate surface area is 178 Å². The Morgan fingerprint density at radius 3 is 2.48 bits per heavy atom. The zero-order valence-corrected chi connectivity index (χ0v) is 16.9. The summed E-state index contributed by atoms with van der Waals surface area (Å²) in [4.78, 5) is 37.5. The molecule has 3 rings (SSSR count). The maximum atomic E-state index is 12.9. The maximum absolute atomic E-state index is 12.9. The Kier molecular flexibility index (Phi) is 6.85. The summed E-state index contributed by atoms with van der Waals surface area (Å²) in [6, 6.07) is 16.2. The van der Waals surface area contributed by atoms with E-state index in [0.29, 0.717) is 17.2 Å². The summed E-state index contributed by atoms with van der Waals surface area (Å²) >= 11 is 0. The molecule has 0 saturated heterocycles. The minimum Gasteiger partial charge on any atom is -0.496 e. The maximum Gasteiger partial charge on any atom is 0.337 e. The second-order valence-corrected chi connectivity index (χ2v) is 6.25. The van der Waals surface area contributed by atoms with Gasteiger partial charge in [0.1, 0.15) is 17.2 Å². The molecule has 0 saturated carbocycles. The van der Waals surface area contributed by atoms with E-state index in [2.05, 4.69) is 10.6 Å². The summed E-state index contributed by atoms with van der Waals surface area (Å²) in [5.41, 5.74) is 0.824. The van der Waals surface area contributed by atoms with Crippen LogP contribution in [0.1, 0.15) is 26.5 Å².